The van der Waals surface area contributed by atoms with Crippen LogP contribution in [-0.4, -0.2) is 28.9 Å². The molecule has 0 aliphatic carbocycles. The topological polar surface area (TPSA) is 45.2 Å². The van der Waals surface area contributed by atoms with E-state index in [2.05, 4.69) is 15.2 Å². The molecule has 1 fully saturated rings. The smallest absolute Gasteiger partial charge is 0.224 e. The van der Waals surface area contributed by atoms with Crippen LogP contribution in [-0.2, 0) is 17.9 Å². The van der Waals surface area contributed by atoms with Crippen molar-refractivity contribution in [3.63, 3.8) is 0 Å². The Morgan fingerprint density at radius 2 is 2.08 bits per heavy atom. The second kappa shape index (κ2) is 8.02. The largest absolute Gasteiger partial charge is 0.352 e. The van der Waals surface area contributed by atoms with Gasteiger partial charge in [-0.3, -0.25) is 14.7 Å². The third-order valence-electron chi connectivity index (χ3n) is 4.39. The van der Waals surface area contributed by atoms with Gasteiger partial charge in [0, 0.05) is 32.0 Å². The van der Waals surface area contributed by atoms with Crippen LogP contribution < -0.4 is 5.32 Å². The summed E-state index contributed by atoms with van der Waals surface area (Å²) in [6.07, 6.45) is 5.34. The number of hydrogen-bond acceptors (Lipinski definition) is 3. The Morgan fingerprint density at radius 1 is 1.25 bits per heavy atom. The van der Waals surface area contributed by atoms with Crippen molar-refractivity contribution in [2.75, 3.05) is 13.1 Å². The van der Waals surface area contributed by atoms with Crippen molar-refractivity contribution < 1.29 is 9.18 Å². The van der Waals surface area contributed by atoms with E-state index in [1.54, 1.807) is 24.5 Å². The Bertz CT molecular complexity index is 677. The van der Waals surface area contributed by atoms with Crippen molar-refractivity contribution in [3.05, 3.63) is 65.7 Å². The van der Waals surface area contributed by atoms with Gasteiger partial charge in [0.2, 0.25) is 5.91 Å². The zero-order chi connectivity index (χ0) is 16.8. The summed E-state index contributed by atoms with van der Waals surface area (Å²) >= 11 is 0. The number of amides is 1. The molecular weight excluding hydrogens is 305 g/mol. The van der Waals surface area contributed by atoms with E-state index >= 15 is 0 Å². The number of carbonyl (C=O) groups is 1. The van der Waals surface area contributed by atoms with Crippen LogP contribution in [0.15, 0.2) is 48.8 Å². The van der Waals surface area contributed by atoms with Gasteiger partial charge in [0.15, 0.2) is 0 Å². The predicted octanol–water partition coefficient (Wildman–Crippen LogP) is 2.75. The fourth-order valence-corrected chi connectivity index (χ4v) is 3.14. The Hall–Kier alpha value is -2.27. The molecule has 1 atom stereocenters. The van der Waals surface area contributed by atoms with Gasteiger partial charge < -0.3 is 5.32 Å². The number of piperidine rings is 1. The highest BCUT2D eigenvalue weighted by atomic mass is 19.1. The summed E-state index contributed by atoms with van der Waals surface area (Å²) < 4.78 is 13.3. The summed E-state index contributed by atoms with van der Waals surface area (Å²) in [7, 11) is 0. The van der Waals surface area contributed by atoms with Crippen LogP contribution in [0.25, 0.3) is 0 Å². The number of nitrogens with zero attached hydrogens (tertiary/aromatic N) is 2. The maximum absolute atomic E-state index is 13.3. The molecule has 1 unspecified atom stereocenters. The summed E-state index contributed by atoms with van der Waals surface area (Å²) in [5.41, 5.74) is 2.00. The maximum Gasteiger partial charge on any atom is 0.224 e. The fraction of sp³-hybridized carbons (Fsp3) is 0.368. The number of hydrogen-bond donors (Lipinski definition) is 1. The number of halogens is 1. The lowest BCUT2D eigenvalue weighted by Gasteiger charge is -2.32. The average molecular weight is 327 g/mol. The molecule has 1 aromatic heterocycles. The molecule has 1 aliphatic heterocycles. The van der Waals surface area contributed by atoms with Gasteiger partial charge in [0.1, 0.15) is 5.82 Å². The van der Waals surface area contributed by atoms with Crippen molar-refractivity contribution in [3.8, 4) is 0 Å². The van der Waals surface area contributed by atoms with Gasteiger partial charge in [-0.2, -0.15) is 0 Å². The van der Waals surface area contributed by atoms with Crippen LogP contribution in [0.2, 0.25) is 0 Å². The van der Waals surface area contributed by atoms with Crippen LogP contribution in [0.1, 0.15) is 24.0 Å². The Labute approximate surface area is 141 Å². The SMILES string of the molecule is O=C(NCc1ccncc1)C1CCCN(Cc2cccc(F)c2)C1. The molecule has 2 heterocycles. The van der Waals surface area contributed by atoms with Crippen molar-refractivity contribution in [2.45, 2.75) is 25.9 Å². The van der Waals surface area contributed by atoms with Crippen LogP contribution in [0, 0.1) is 11.7 Å². The monoisotopic (exact) mass is 327 g/mol. The summed E-state index contributed by atoms with van der Waals surface area (Å²) in [5, 5.41) is 3.01. The van der Waals surface area contributed by atoms with Gasteiger partial charge >= 0.3 is 0 Å². The first-order valence-electron chi connectivity index (χ1n) is 8.34. The van der Waals surface area contributed by atoms with E-state index in [0.717, 1.165) is 37.1 Å². The predicted molar refractivity (Wildman–Crippen MR) is 90.5 cm³/mol. The molecule has 0 saturated carbocycles. The van der Waals surface area contributed by atoms with Crippen molar-refractivity contribution in [1.82, 2.24) is 15.2 Å². The lowest BCUT2D eigenvalue weighted by molar-refractivity contribution is -0.126. The van der Waals surface area contributed by atoms with Crippen molar-refractivity contribution in [2.24, 2.45) is 5.92 Å². The summed E-state index contributed by atoms with van der Waals surface area (Å²) in [6, 6.07) is 10.5. The molecule has 126 valence electrons. The van der Waals surface area contributed by atoms with Gasteiger partial charge in [-0.25, -0.2) is 4.39 Å². The first kappa shape index (κ1) is 16.6. The Morgan fingerprint density at radius 3 is 2.88 bits per heavy atom. The second-order valence-electron chi connectivity index (χ2n) is 6.28. The molecule has 1 N–H and O–H groups in total. The molecule has 1 aromatic carbocycles. The third kappa shape index (κ3) is 4.61. The zero-order valence-corrected chi connectivity index (χ0v) is 13.6. The molecule has 0 bridgehead atoms. The van der Waals surface area contributed by atoms with Gasteiger partial charge in [0.05, 0.1) is 5.92 Å². The van der Waals surface area contributed by atoms with Crippen LogP contribution in [0.5, 0.6) is 0 Å². The van der Waals surface area contributed by atoms with Crippen molar-refractivity contribution >= 4 is 5.91 Å². The first-order valence-corrected chi connectivity index (χ1v) is 8.34. The number of benzene rings is 1. The molecule has 1 amide bonds. The van der Waals surface area contributed by atoms with Gasteiger partial charge in [-0.1, -0.05) is 12.1 Å². The maximum atomic E-state index is 13.3. The summed E-state index contributed by atoms with van der Waals surface area (Å²) in [6.45, 7) is 2.89. The lowest BCUT2D eigenvalue weighted by Crippen LogP contribution is -2.42. The van der Waals surface area contributed by atoms with E-state index in [1.807, 2.05) is 18.2 Å². The molecule has 4 nitrogen and oxygen atoms in total. The highest BCUT2D eigenvalue weighted by Gasteiger charge is 2.25. The van der Waals surface area contributed by atoms with Crippen LogP contribution in [0.3, 0.4) is 0 Å². The molecule has 5 heteroatoms. The van der Waals surface area contributed by atoms with E-state index in [-0.39, 0.29) is 17.6 Å². The van der Waals surface area contributed by atoms with E-state index < -0.39 is 0 Å². The molecule has 1 saturated heterocycles. The molecule has 1 aliphatic rings. The van der Waals surface area contributed by atoms with Gasteiger partial charge in [-0.15, -0.1) is 0 Å². The normalized spacial score (nSPS) is 18.3. The minimum atomic E-state index is -0.212. The zero-order valence-electron chi connectivity index (χ0n) is 13.6. The highest BCUT2D eigenvalue weighted by molar-refractivity contribution is 5.78. The number of aromatic nitrogens is 1. The first-order chi connectivity index (χ1) is 11.7. The van der Waals surface area contributed by atoms with E-state index in [1.165, 1.54) is 6.07 Å². The van der Waals surface area contributed by atoms with Crippen LogP contribution in [0.4, 0.5) is 4.39 Å². The van der Waals surface area contributed by atoms with E-state index in [4.69, 9.17) is 0 Å². The van der Waals surface area contributed by atoms with E-state index in [0.29, 0.717) is 13.1 Å². The van der Waals surface area contributed by atoms with E-state index in [9.17, 15) is 9.18 Å². The minimum absolute atomic E-state index is 0.00542. The Kier molecular flexibility index (Phi) is 5.54. The number of carbonyl (C=O) groups excluding carboxylic acids is 1. The van der Waals surface area contributed by atoms with Crippen LogP contribution >= 0.6 is 0 Å². The average Bonchev–Trinajstić information content (AvgIpc) is 2.61. The number of nitrogens with one attached hydrogen (secondary N) is 1. The molecule has 24 heavy (non-hydrogen) atoms. The quantitative estimate of drug-likeness (QED) is 0.918. The molecule has 0 spiro atoms. The highest BCUT2D eigenvalue weighted by Crippen LogP contribution is 2.19. The molecule has 2 aromatic rings. The number of pyridine rings is 1. The summed E-state index contributed by atoms with van der Waals surface area (Å²) in [5.74, 6) is -0.124. The van der Waals surface area contributed by atoms with Crippen molar-refractivity contribution in [1.29, 1.82) is 0 Å². The molecule has 0 radical (unpaired) electrons. The molecular formula is C19H22FN3O. The summed E-state index contributed by atoms with van der Waals surface area (Å²) in [4.78, 5) is 18.6. The van der Waals surface area contributed by atoms with Gasteiger partial charge in [-0.05, 0) is 54.8 Å². The van der Waals surface area contributed by atoms with Gasteiger partial charge in [0.25, 0.3) is 0 Å². The fourth-order valence-electron chi connectivity index (χ4n) is 3.14. The second-order valence-corrected chi connectivity index (χ2v) is 6.28. The molecule has 3 rings (SSSR count). The number of likely N-dealkylation sites (tertiary alicyclic amines) is 1. The number of rotatable bonds is 5. The lowest BCUT2D eigenvalue weighted by atomic mass is 9.96. The third-order valence-corrected chi connectivity index (χ3v) is 4.39. The standard InChI is InChI=1S/C19H22FN3O/c20-18-5-1-3-16(11-18)13-23-10-2-4-17(14-23)19(24)22-12-15-6-8-21-9-7-15/h1,3,5-9,11,17H,2,4,10,12-14H2,(H,22,24). The Balaban J connectivity index is 1.52. The minimum Gasteiger partial charge on any atom is -0.352 e.